The van der Waals surface area contributed by atoms with Crippen LogP contribution < -0.4 is 0 Å². The van der Waals surface area contributed by atoms with Gasteiger partial charge >= 0.3 is 5.97 Å². The third-order valence-electron chi connectivity index (χ3n) is 1.59. The van der Waals surface area contributed by atoms with E-state index in [-0.39, 0.29) is 0 Å². The number of methoxy groups -OCH3 is 1. The van der Waals surface area contributed by atoms with Crippen LogP contribution in [0.5, 0.6) is 0 Å². The SMILES string of the molecule is COCC1=C(C(=O)O)CC=C1. The molecule has 0 bridgehead atoms. The third-order valence-corrected chi connectivity index (χ3v) is 1.59. The Hall–Kier alpha value is -1.09. The van der Waals surface area contributed by atoms with Crippen molar-refractivity contribution in [2.45, 2.75) is 6.42 Å². The van der Waals surface area contributed by atoms with Crippen molar-refractivity contribution in [2.24, 2.45) is 0 Å². The normalized spacial score (nSPS) is 16.1. The summed E-state index contributed by atoms with van der Waals surface area (Å²) in [4.78, 5) is 10.5. The van der Waals surface area contributed by atoms with E-state index in [9.17, 15) is 4.79 Å². The first kappa shape index (κ1) is 8.01. The minimum absolute atomic E-state index is 0.387. The molecule has 0 amide bonds. The maximum Gasteiger partial charge on any atom is 0.332 e. The summed E-state index contributed by atoms with van der Waals surface area (Å²) in [5.41, 5.74) is 1.23. The molecule has 0 aromatic heterocycles. The van der Waals surface area contributed by atoms with E-state index in [4.69, 9.17) is 9.84 Å². The van der Waals surface area contributed by atoms with Crippen LogP contribution >= 0.6 is 0 Å². The molecule has 11 heavy (non-hydrogen) atoms. The summed E-state index contributed by atoms with van der Waals surface area (Å²) in [5.74, 6) is -0.845. The van der Waals surface area contributed by atoms with E-state index in [1.165, 1.54) is 0 Å². The number of carbonyl (C=O) groups is 1. The van der Waals surface area contributed by atoms with Crippen molar-refractivity contribution < 1.29 is 14.6 Å². The van der Waals surface area contributed by atoms with Crippen LogP contribution in [0.3, 0.4) is 0 Å². The molecule has 0 saturated heterocycles. The van der Waals surface area contributed by atoms with Crippen molar-refractivity contribution in [1.29, 1.82) is 0 Å². The molecule has 0 aliphatic heterocycles. The molecule has 1 N–H and O–H groups in total. The van der Waals surface area contributed by atoms with Gasteiger partial charge in [-0.05, 0) is 12.0 Å². The Morgan fingerprint density at radius 3 is 3.09 bits per heavy atom. The molecule has 0 saturated carbocycles. The topological polar surface area (TPSA) is 46.5 Å². The Bertz CT molecular complexity index is 225. The molecule has 3 heteroatoms. The second-order valence-electron chi connectivity index (χ2n) is 2.35. The Morgan fingerprint density at radius 1 is 1.82 bits per heavy atom. The lowest BCUT2D eigenvalue weighted by Crippen LogP contribution is -2.03. The molecule has 0 spiro atoms. The van der Waals surface area contributed by atoms with E-state index >= 15 is 0 Å². The van der Waals surface area contributed by atoms with Gasteiger partial charge in [0.05, 0.1) is 6.61 Å². The van der Waals surface area contributed by atoms with E-state index in [1.54, 1.807) is 13.2 Å². The first-order chi connectivity index (χ1) is 5.25. The number of ether oxygens (including phenoxy) is 1. The molecule has 1 aliphatic rings. The van der Waals surface area contributed by atoms with Gasteiger partial charge in [0.2, 0.25) is 0 Å². The maximum absolute atomic E-state index is 10.5. The molecule has 0 radical (unpaired) electrons. The second-order valence-corrected chi connectivity index (χ2v) is 2.35. The molecule has 3 nitrogen and oxygen atoms in total. The summed E-state index contributed by atoms with van der Waals surface area (Å²) in [7, 11) is 1.55. The molecule has 0 fully saturated rings. The summed E-state index contributed by atoms with van der Waals surface area (Å²) in [6.45, 7) is 0.387. The number of carboxylic acids is 1. The number of carboxylic acid groups (broad SMARTS) is 1. The predicted octanol–water partition coefficient (Wildman–Crippen LogP) is 0.974. The lowest BCUT2D eigenvalue weighted by molar-refractivity contribution is -0.132. The number of rotatable bonds is 3. The van der Waals surface area contributed by atoms with Crippen LogP contribution in [0.25, 0.3) is 0 Å². The van der Waals surface area contributed by atoms with Crippen molar-refractivity contribution in [3.8, 4) is 0 Å². The van der Waals surface area contributed by atoms with Crippen LogP contribution in [-0.4, -0.2) is 24.8 Å². The van der Waals surface area contributed by atoms with Gasteiger partial charge in [0.15, 0.2) is 0 Å². The van der Waals surface area contributed by atoms with Crippen molar-refractivity contribution in [3.63, 3.8) is 0 Å². The molecule has 0 heterocycles. The Kier molecular flexibility index (Phi) is 2.44. The molecule has 0 unspecified atom stereocenters. The molecular formula is C8H10O3. The van der Waals surface area contributed by atoms with Gasteiger partial charge < -0.3 is 9.84 Å². The fourth-order valence-electron chi connectivity index (χ4n) is 1.07. The second kappa shape index (κ2) is 3.34. The molecule has 0 aromatic rings. The van der Waals surface area contributed by atoms with Gasteiger partial charge in [0, 0.05) is 12.7 Å². The van der Waals surface area contributed by atoms with Crippen molar-refractivity contribution >= 4 is 5.97 Å². The number of hydrogen-bond acceptors (Lipinski definition) is 2. The van der Waals surface area contributed by atoms with Crippen molar-refractivity contribution in [2.75, 3.05) is 13.7 Å². The first-order valence-electron chi connectivity index (χ1n) is 3.36. The average molecular weight is 154 g/mol. The number of aliphatic carboxylic acids is 1. The minimum Gasteiger partial charge on any atom is -0.478 e. The summed E-state index contributed by atoms with van der Waals surface area (Å²) < 4.78 is 4.83. The molecule has 60 valence electrons. The summed E-state index contributed by atoms with van der Waals surface area (Å²) in [5, 5.41) is 8.66. The molecule has 1 rings (SSSR count). The third kappa shape index (κ3) is 1.68. The number of allylic oxidation sites excluding steroid dienone is 1. The fourth-order valence-corrected chi connectivity index (χ4v) is 1.07. The van der Waals surface area contributed by atoms with Gasteiger partial charge in [-0.2, -0.15) is 0 Å². The highest BCUT2D eigenvalue weighted by atomic mass is 16.5. The minimum atomic E-state index is -0.845. The van der Waals surface area contributed by atoms with E-state index in [0.29, 0.717) is 18.6 Å². The van der Waals surface area contributed by atoms with E-state index in [2.05, 4.69) is 0 Å². The van der Waals surface area contributed by atoms with Gasteiger partial charge in [0.1, 0.15) is 0 Å². The molecule has 1 aliphatic carbocycles. The molecule has 0 atom stereocenters. The van der Waals surface area contributed by atoms with Crippen LogP contribution in [0.2, 0.25) is 0 Å². The zero-order valence-corrected chi connectivity index (χ0v) is 6.33. The smallest absolute Gasteiger partial charge is 0.332 e. The van der Waals surface area contributed by atoms with Gasteiger partial charge in [-0.1, -0.05) is 12.2 Å². The molecule has 0 aromatic carbocycles. The monoisotopic (exact) mass is 154 g/mol. The van der Waals surface area contributed by atoms with E-state index in [0.717, 1.165) is 5.57 Å². The van der Waals surface area contributed by atoms with Crippen LogP contribution in [-0.2, 0) is 9.53 Å². The maximum atomic E-state index is 10.5. The van der Waals surface area contributed by atoms with Crippen LogP contribution in [0, 0.1) is 0 Å². The summed E-state index contributed by atoms with van der Waals surface area (Å²) in [6, 6.07) is 0. The Labute approximate surface area is 65.0 Å². The van der Waals surface area contributed by atoms with Crippen molar-refractivity contribution in [1.82, 2.24) is 0 Å². The zero-order chi connectivity index (χ0) is 8.27. The quantitative estimate of drug-likeness (QED) is 0.659. The number of hydrogen-bond donors (Lipinski definition) is 1. The van der Waals surface area contributed by atoms with Crippen LogP contribution in [0.4, 0.5) is 0 Å². The highest BCUT2D eigenvalue weighted by Gasteiger charge is 2.14. The van der Waals surface area contributed by atoms with Gasteiger partial charge in [-0.3, -0.25) is 0 Å². The molecular weight excluding hydrogens is 144 g/mol. The lowest BCUT2D eigenvalue weighted by atomic mass is 10.1. The van der Waals surface area contributed by atoms with Crippen LogP contribution in [0.15, 0.2) is 23.3 Å². The van der Waals surface area contributed by atoms with Crippen molar-refractivity contribution in [3.05, 3.63) is 23.3 Å². The first-order valence-corrected chi connectivity index (χ1v) is 3.36. The Balaban J connectivity index is 2.75. The highest BCUT2D eigenvalue weighted by Crippen LogP contribution is 2.18. The standard InChI is InChI=1S/C8H10O3/c1-11-5-6-3-2-4-7(6)8(9)10/h2-3H,4-5H2,1H3,(H,9,10). The largest absolute Gasteiger partial charge is 0.478 e. The van der Waals surface area contributed by atoms with E-state index < -0.39 is 5.97 Å². The Morgan fingerprint density at radius 2 is 2.55 bits per heavy atom. The van der Waals surface area contributed by atoms with Crippen LogP contribution in [0.1, 0.15) is 6.42 Å². The van der Waals surface area contributed by atoms with Gasteiger partial charge in [-0.15, -0.1) is 0 Å². The zero-order valence-electron chi connectivity index (χ0n) is 6.33. The lowest BCUT2D eigenvalue weighted by Gasteiger charge is -1.99. The van der Waals surface area contributed by atoms with Gasteiger partial charge in [-0.25, -0.2) is 4.79 Å². The highest BCUT2D eigenvalue weighted by molar-refractivity contribution is 5.89. The summed E-state index contributed by atoms with van der Waals surface area (Å²) in [6.07, 6.45) is 4.15. The summed E-state index contributed by atoms with van der Waals surface area (Å²) >= 11 is 0. The van der Waals surface area contributed by atoms with Gasteiger partial charge in [0.25, 0.3) is 0 Å². The van der Waals surface area contributed by atoms with E-state index in [1.807, 2.05) is 6.08 Å². The predicted molar refractivity (Wildman–Crippen MR) is 40.3 cm³/mol. The fraction of sp³-hybridized carbons (Fsp3) is 0.375. The average Bonchev–Trinajstić information content (AvgIpc) is 2.36.